The first kappa shape index (κ1) is 18.7. The molecule has 0 aliphatic heterocycles. The van der Waals surface area contributed by atoms with Gasteiger partial charge >= 0.3 is 0 Å². The molecule has 1 heterocycles. The molecule has 1 fully saturated rings. The molecule has 0 spiro atoms. The Morgan fingerprint density at radius 3 is 2.52 bits per heavy atom. The summed E-state index contributed by atoms with van der Waals surface area (Å²) in [5.41, 5.74) is 2.29. The third-order valence-corrected chi connectivity index (χ3v) is 7.03. The highest BCUT2D eigenvalue weighted by atomic mass is 35.5. The minimum atomic E-state index is 0.450. The minimum Gasteiger partial charge on any atom is -0.299 e. The average molecular weight is 420 g/mol. The fraction of sp³-hybridized carbons (Fsp3) is 0.250. The maximum Gasteiger partial charge on any atom is 0.192 e. The van der Waals surface area contributed by atoms with Gasteiger partial charge < -0.3 is 0 Å². The molecule has 0 unspecified atom stereocenters. The van der Waals surface area contributed by atoms with Crippen LogP contribution in [-0.2, 0) is 5.75 Å². The summed E-state index contributed by atoms with van der Waals surface area (Å²) in [6, 6.07) is 23.4. The van der Waals surface area contributed by atoms with E-state index in [9.17, 15) is 0 Å². The number of nitrogens with zero attached hydrogens (tertiary/aromatic N) is 3. The molecule has 146 valence electrons. The van der Waals surface area contributed by atoms with Crippen molar-refractivity contribution in [3.63, 3.8) is 0 Å². The second-order valence-electron chi connectivity index (χ2n) is 7.52. The summed E-state index contributed by atoms with van der Waals surface area (Å²) in [6.07, 6.45) is 4.88. The van der Waals surface area contributed by atoms with Crippen LogP contribution >= 0.6 is 23.4 Å². The molecule has 0 N–H and O–H groups in total. The predicted octanol–water partition coefficient (Wildman–Crippen LogP) is 7.16. The summed E-state index contributed by atoms with van der Waals surface area (Å²) in [4.78, 5) is 0. The Bertz CT molecular complexity index is 1140. The van der Waals surface area contributed by atoms with Crippen molar-refractivity contribution in [1.82, 2.24) is 14.8 Å². The zero-order valence-corrected chi connectivity index (χ0v) is 17.7. The Labute approximate surface area is 180 Å². The van der Waals surface area contributed by atoms with Crippen molar-refractivity contribution in [2.75, 3.05) is 0 Å². The molecule has 0 atom stereocenters. The number of aromatic nitrogens is 3. The van der Waals surface area contributed by atoms with E-state index in [1.165, 1.54) is 42.0 Å². The Morgan fingerprint density at radius 1 is 0.897 bits per heavy atom. The van der Waals surface area contributed by atoms with E-state index in [2.05, 4.69) is 57.2 Å². The van der Waals surface area contributed by atoms with Crippen molar-refractivity contribution in [2.24, 2.45) is 0 Å². The number of hydrogen-bond donors (Lipinski definition) is 0. The van der Waals surface area contributed by atoms with Crippen LogP contribution in [0.3, 0.4) is 0 Å². The SMILES string of the molecule is Clc1ccccc1-c1nnc(SCc2cccc3ccccc23)n1C1CCCC1. The molecular formula is C24H22ClN3S. The van der Waals surface area contributed by atoms with E-state index in [1.807, 2.05) is 24.3 Å². The van der Waals surface area contributed by atoms with Crippen LogP contribution in [0.2, 0.25) is 5.02 Å². The smallest absolute Gasteiger partial charge is 0.192 e. The van der Waals surface area contributed by atoms with Gasteiger partial charge in [-0.3, -0.25) is 4.57 Å². The second-order valence-corrected chi connectivity index (χ2v) is 8.87. The first-order valence-electron chi connectivity index (χ1n) is 10.1. The summed E-state index contributed by atoms with van der Waals surface area (Å²) >= 11 is 8.27. The molecule has 3 nitrogen and oxygen atoms in total. The molecule has 3 aromatic carbocycles. The normalized spacial score (nSPS) is 14.7. The molecule has 29 heavy (non-hydrogen) atoms. The van der Waals surface area contributed by atoms with Gasteiger partial charge in [-0.05, 0) is 41.3 Å². The number of hydrogen-bond acceptors (Lipinski definition) is 3. The maximum atomic E-state index is 6.50. The summed E-state index contributed by atoms with van der Waals surface area (Å²) in [5.74, 6) is 1.76. The topological polar surface area (TPSA) is 30.7 Å². The third-order valence-electron chi connectivity index (χ3n) is 5.71. The third kappa shape index (κ3) is 3.67. The average Bonchev–Trinajstić information content (AvgIpc) is 3.42. The molecule has 0 radical (unpaired) electrons. The number of rotatable bonds is 5. The zero-order valence-electron chi connectivity index (χ0n) is 16.1. The van der Waals surface area contributed by atoms with Crippen LogP contribution in [0.4, 0.5) is 0 Å². The van der Waals surface area contributed by atoms with Crippen molar-refractivity contribution in [2.45, 2.75) is 42.6 Å². The van der Waals surface area contributed by atoms with Gasteiger partial charge in [0.1, 0.15) is 0 Å². The lowest BCUT2D eigenvalue weighted by molar-refractivity contribution is 0.485. The molecular weight excluding hydrogens is 398 g/mol. The van der Waals surface area contributed by atoms with Crippen molar-refractivity contribution >= 4 is 34.1 Å². The van der Waals surface area contributed by atoms with Crippen LogP contribution in [0.1, 0.15) is 37.3 Å². The summed E-state index contributed by atoms with van der Waals surface area (Å²) in [6.45, 7) is 0. The summed E-state index contributed by atoms with van der Waals surface area (Å²) in [7, 11) is 0. The highest BCUT2D eigenvalue weighted by molar-refractivity contribution is 7.98. The van der Waals surface area contributed by atoms with Gasteiger partial charge in [-0.1, -0.05) is 90.8 Å². The van der Waals surface area contributed by atoms with Crippen LogP contribution in [0.25, 0.3) is 22.2 Å². The molecule has 0 bridgehead atoms. The Morgan fingerprint density at radius 2 is 1.66 bits per heavy atom. The van der Waals surface area contributed by atoms with Gasteiger partial charge in [0.05, 0.1) is 5.02 Å². The van der Waals surface area contributed by atoms with Gasteiger partial charge in [-0.25, -0.2) is 0 Å². The van der Waals surface area contributed by atoms with E-state index < -0.39 is 0 Å². The zero-order chi connectivity index (χ0) is 19.6. The standard InChI is InChI=1S/C24H22ClN3S/c25-22-15-6-5-14-21(22)23-26-27-24(28(23)19-11-2-3-12-19)29-16-18-10-7-9-17-8-1-4-13-20(17)18/h1,4-10,13-15,19H,2-3,11-12,16H2. The number of benzene rings is 3. The van der Waals surface area contributed by atoms with Crippen LogP contribution in [0, 0.1) is 0 Å². The monoisotopic (exact) mass is 419 g/mol. The van der Waals surface area contributed by atoms with E-state index in [-0.39, 0.29) is 0 Å². The van der Waals surface area contributed by atoms with E-state index in [0.717, 1.165) is 27.3 Å². The molecule has 4 aromatic rings. The molecule has 0 amide bonds. The Kier molecular flexibility index (Phi) is 5.30. The van der Waals surface area contributed by atoms with Gasteiger partial charge in [0.25, 0.3) is 0 Å². The van der Waals surface area contributed by atoms with Crippen molar-refractivity contribution in [3.8, 4) is 11.4 Å². The molecule has 0 saturated heterocycles. The maximum absolute atomic E-state index is 6.50. The summed E-state index contributed by atoms with van der Waals surface area (Å²) in [5, 5.41) is 13.5. The van der Waals surface area contributed by atoms with Gasteiger partial charge in [0.2, 0.25) is 0 Å². The summed E-state index contributed by atoms with van der Waals surface area (Å²) < 4.78 is 2.34. The van der Waals surface area contributed by atoms with E-state index in [1.54, 1.807) is 11.8 Å². The Hall–Kier alpha value is -2.30. The second kappa shape index (κ2) is 8.21. The lowest BCUT2D eigenvalue weighted by atomic mass is 10.1. The molecule has 1 aliphatic rings. The van der Waals surface area contributed by atoms with Crippen molar-refractivity contribution in [3.05, 3.63) is 77.3 Å². The van der Waals surface area contributed by atoms with Crippen LogP contribution in [0.5, 0.6) is 0 Å². The van der Waals surface area contributed by atoms with E-state index in [0.29, 0.717) is 6.04 Å². The largest absolute Gasteiger partial charge is 0.299 e. The fourth-order valence-corrected chi connectivity index (χ4v) is 5.48. The van der Waals surface area contributed by atoms with Crippen molar-refractivity contribution < 1.29 is 0 Å². The number of thioether (sulfide) groups is 1. The molecule has 5 rings (SSSR count). The van der Waals surface area contributed by atoms with E-state index in [4.69, 9.17) is 11.6 Å². The van der Waals surface area contributed by atoms with E-state index >= 15 is 0 Å². The van der Waals surface area contributed by atoms with Gasteiger partial charge in [-0.2, -0.15) is 0 Å². The first-order valence-corrected chi connectivity index (χ1v) is 11.5. The minimum absolute atomic E-state index is 0.450. The van der Waals surface area contributed by atoms with Crippen molar-refractivity contribution in [1.29, 1.82) is 0 Å². The molecule has 1 aliphatic carbocycles. The van der Waals surface area contributed by atoms with Gasteiger partial charge in [0.15, 0.2) is 11.0 Å². The van der Waals surface area contributed by atoms with Crippen LogP contribution in [0.15, 0.2) is 71.9 Å². The van der Waals surface area contributed by atoms with Crippen LogP contribution < -0.4 is 0 Å². The predicted molar refractivity (Wildman–Crippen MR) is 121 cm³/mol. The number of halogens is 1. The molecule has 1 saturated carbocycles. The highest BCUT2D eigenvalue weighted by Gasteiger charge is 2.25. The van der Waals surface area contributed by atoms with Gasteiger partial charge in [0, 0.05) is 17.4 Å². The van der Waals surface area contributed by atoms with Crippen LogP contribution in [-0.4, -0.2) is 14.8 Å². The number of fused-ring (bicyclic) bond motifs is 1. The van der Waals surface area contributed by atoms with Gasteiger partial charge in [-0.15, -0.1) is 10.2 Å². The molecule has 1 aromatic heterocycles. The first-order chi connectivity index (χ1) is 14.3. The Balaban J connectivity index is 1.51. The molecule has 5 heteroatoms. The lowest BCUT2D eigenvalue weighted by Gasteiger charge is -2.17. The highest BCUT2D eigenvalue weighted by Crippen LogP contribution is 2.39. The lowest BCUT2D eigenvalue weighted by Crippen LogP contribution is -2.08. The quantitative estimate of drug-likeness (QED) is 0.321. The fourth-order valence-electron chi connectivity index (χ4n) is 4.25.